The molecular weight excluding hydrogens is 444 g/mol. The monoisotopic (exact) mass is 466 g/mol. The van der Waals surface area contributed by atoms with Crippen LogP contribution in [0.15, 0.2) is 76.7 Å². The third-order valence-corrected chi connectivity index (χ3v) is 6.70. The number of ether oxygens (including phenoxy) is 1. The van der Waals surface area contributed by atoms with Gasteiger partial charge in [0.05, 0.1) is 22.6 Å². The fraction of sp³-hybridized carbons (Fsp3) is 0.174. The summed E-state index contributed by atoms with van der Waals surface area (Å²) in [5.74, 6) is 0.575. The first-order valence-electron chi connectivity index (χ1n) is 10.2. The predicted octanol–water partition coefficient (Wildman–Crippen LogP) is 4.56. The number of sulfonamides is 1. The lowest BCUT2D eigenvalue weighted by molar-refractivity contribution is -0.384. The van der Waals surface area contributed by atoms with Gasteiger partial charge in [0.2, 0.25) is 0 Å². The molecule has 0 heterocycles. The number of hydrogen-bond acceptors (Lipinski definition) is 7. The van der Waals surface area contributed by atoms with E-state index >= 15 is 0 Å². The van der Waals surface area contributed by atoms with Crippen LogP contribution in [-0.2, 0) is 16.4 Å². The van der Waals surface area contributed by atoms with Crippen LogP contribution in [-0.4, -0.2) is 26.2 Å². The van der Waals surface area contributed by atoms with E-state index < -0.39 is 14.9 Å². The third kappa shape index (κ3) is 4.96. The summed E-state index contributed by atoms with van der Waals surface area (Å²) in [5, 5.41) is 16.1. The molecule has 0 saturated carbocycles. The van der Waals surface area contributed by atoms with Crippen molar-refractivity contribution in [3.8, 4) is 5.75 Å². The number of aryl methyl sites for hydroxylation is 1. The van der Waals surface area contributed by atoms with Crippen molar-refractivity contribution < 1.29 is 18.1 Å². The summed E-state index contributed by atoms with van der Waals surface area (Å²) >= 11 is 0. The van der Waals surface area contributed by atoms with Crippen LogP contribution < -0.4 is 14.9 Å². The minimum atomic E-state index is -4.04. The summed E-state index contributed by atoms with van der Waals surface area (Å²) in [6.07, 6.45) is 2.65. The van der Waals surface area contributed by atoms with Gasteiger partial charge in [0.1, 0.15) is 11.4 Å². The molecule has 0 unspecified atom stereocenters. The van der Waals surface area contributed by atoms with Gasteiger partial charge in [-0.1, -0.05) is 24.3 Å². The van der Waals surface area contributed by atoms with Crippen molar-refractivity contribution in [2.45, 2.75) is 24.2 Å². The molecule has 170 valence electrons. The second-order valence-corrected chi connectivity index (χ2v) is 9.13. The largest absolute Gasteiger partial charge is 0.497 e. The zero-order chi connectivity index (χ0) is 23.4. The van der Waals surface area contributed by atoms with E-state index in [1.165, 1.54) is 24.8 Å². The van der Waals surface area contributed by atoms with Crippen molar-refractivity contribution in [3.63, 3.8) is 0 Å². The summed E-state index contributed by atoms with van der Waals surface area (Å²) in [6.45, 7) is 0. The first-order chi connectivity index (χ1) is 15.9. The van der Waals surface area contributed by atoms with Crippen molar-refractivity contribution in [3.05, 3.63) is 88.0 Å². The van der Waals surface area contributed by atoms with E-state index in [-0.39, 0.29) is 16.3 Å². The van der Waals surface area contributed by atoms with Crippen LogP contribution in [0.25, 0.3) is 0 Å². The van der Waals surface area contributed by atoms with E-state index in [0.29, 0.717) is 11.4 Å². The molecule has 2 N–H and O–H groups in total. The predicted molar refractivity (Wildman–Crippen MR) is 126 cm³/mol. The lowest BCUT2D eigenvalue weighted by atomic mass is 9.90. The number of nitrogens with zero attached hydrogens (tertiary/aromatic N) is 2. The molecule has 1 aliphatic carbocycles. The summed E-state index contributed by atoms with van der Waals surface area (Å²) in [7, 11) is -2.53. The van der Waals surface area contributed by atoms with Gasteiger partial charge in [-0.2, -0.15) is 5.10 Å². The number of fused-ring (bicyclic) bond motifs is 1. The second kappa shape index (κ2) is 9.29. The van der Waals surface area contributed by atoms with Crippen LogP contribution in [0.1, 0.15) is 24.0 Å². The van der Waals surface area contributed by atoms with Crippen LogP contribution in [0.4, 0.5) is 17.1 Å². The quantitative estimate of drug-likeness (QED) is 0.389. The maximum atomic E-state index is 12.8. The number of nitrogens with one attached hydrogen (secondary N) is 2. The number of methoxy groups -OCH3 is 1. The number of rotatable bonds is 7. The first-order valence-corrected chi connectivity index (χ1v) is 11.7. The molecular formula is C23H22N4O5S. The fourth-order valence-corrected chi connectivity index (χ4v) is 4.72. The Kier molecular flexibility index (Phi) is 6.27. The van der Waals surface area contributed by atoms with Crippen LogP contribution in [0.3, 0.4) is 0 Å². The number of nitro groups is 1. The van der Waals surface area contributed by atoms with Gasteiger partial charge >= 0.3 is 0 Å². The van der Waals surface area contributed by atoms with E-state index in [2.05, 4.69) is 15.2 Å². The third-order valence-electron chi connectivity index (χ3n) is 5.32. The molecule has 0 fully saturated rings. The molecule has 0 radical (unpaired) electrons. The molecule has 3 aromatic carbocycles. The number of benzene rings is 3. The van der Waals surface area contributed by atoms with Crippen molar-refractivity contribution in [2.24, 2.45) is 5.10 Å². The van der Waals surface area contributed by atoms with E-state index in [1.54, 1.807) is 24.3 Å². The molecule has 0 saturated heterocycles. The molecule has 0 bridgehead atoms. The minimum Gasteiger partial charge on any atom is -0.497 e. The Hall–Kier alpha value is -3.92. The van der Waals surface area contributed by atoms with Crippen molar-refractivity contribution >= 4 is 32.8 Å². The molecule has 1 aliphatic rings. The number of anilines is 2. The van der Waals surface area contributed by atoms with Crippen molar-refractivity contribution in [1.29, 1.82) is 0 Å². The lowest BCUT2D eigenvalue weighted by Crippen LogP contribution is -2.14. The Morgan fingerprint density at radius 1 is 1.03 bits per heavy atom. The molecule has 0 atom stereocenters. The zero-order valence-corrected chi connectivity index (χ0v) is 18.6. The van der Waals surface area contributed by atoms with Gasteiger partial charge in [-0.25, -0.2) is 8.42 Å². The second-order valence-electron chi connectivity index (χ2n) is 7.45. The van der Waals surface area contributed by atoms with E-state index in [0.717, 1.165) is 36.6 Å². The summed E-state index contributed by atoms with van der Waals surface area (Å²) in [6, 6.07) is 17.9. The van der Waals surface area contributed by atoms with Crippen LogP contribution in [0.2, 0.25) is 0 Å². The van der Waals surface area contributed by atoms with E-state index in [1.807, 2.05) is 24.3 Å². The molecule has 33 heavy (non-hydrogen) atoms. The van der Waals surface area contributed by atoms with Gasteiger partial charge in [0.15, 0.2) is 0 Å². The Morgan fingerprint density at radius 2 is 1.79 bits per heavy atom. The topological polar surface area (TPSA) is 123 Å². The van der Waals surface area contributed by atoms with Crippen LogP contribution in [0, 0.1) is 10.1 Å². The van der Waals surface area contributed by atoms with Crippen molar-refractivity contribution in [2.75, 3.05) is 17.3 Å². The highest BCUT2D eigenvalue weighted by atomic mass is 32.2. The van der Waals surface area contributed by atoms with Crippen LogP contribution in [0.5, 0.6) is 5.75 Å². The highest BCUT2D eigenvalue weighted by Gasteiger charge is 2.22. The highest BCUT2D eigenvalue weighted by Crippen LogP contribution is 2.30. The fourth-order valence-electron chi connectivity index (χ4n) is 3.64. The molecule has 0 aliphatic heterocycles. The number of nitro benzene ring substituents is 1. The first kappa shape index (κ1) is 22.3. The molecule has 0 spiro atoms. The standard InChI is InChI=1S/C23H22N4O5S/c1-32-18-11-9-17(10-12-18)26-33(30,31)19-13-14-22(23(15-19)27(28)29)25-24-21-8-4-6-16-5-2-3-7-20(16)21/h2-3,5,7,9-15,25-26H,4,6,8H2,1H3/b24-21-. The number of hydrogen-bond donors (Lipinski definition) is 2. The van der Waals surface area contributed by atoms with Crippen molar-refractivity contribution in [1.82, 2.24) is 0 Å². The van der Waals surface area contributed by atoms with Gasteiger partial charge in [-0.15, -0.1) is 0 Å². The molecule has 4 rings (SSSR count). The Morgan fingerprint density at radius 3 is 2.52 bits per heavy atom. The Balaban J connectivity index is 1.60. The molecule has 0 aromatic heterocycles. The molecule has 10 heteroatoms. The number of hydrazone groups is 1. The van der Waals surface area contributed by atoms with Gasteiger partial charge in [0, 0.05) is 17.3 Å². The summed E-state index contributed by atoms with van der Waals surface area (Å²) < 4.78 is 33.0. The average Bonchev–Trinajstić information content (AvgIpc) is 2.82. The maximum absolute atomic E-state index is 12.8. The molecule has 0 amide bonds. The van der Waals surface area contributed by atoms with Gasteiger partial charge in [-0.05, 0) is 61.2 Å². The maximum Gasteiger partial charge on any atom is 0.295 e. The smallest absolute Gasteiger partial charge is 0.295 e. The normalized spacial score (nSPS) is 14.4. The van der Waals surface area contributed by atoms with Gasteiger partial charge in [-0.3, -0.25) is 20.3 Å². The summed E-state index contributed by atoms with van der Waals surface area (Å²) in [4.78, 5) is 10.8. The molecule has 3 aromatic rings. The minimum absolute atomic E-state index is 0.110. The van der Waals surface area contributed by atoms with Gasteiger partial charge in [0.25, 0.3) is 15.7 Å². The SMILES string of the molecule is COc1ccc(NS(=O)(=O)c2ccc(N/N=C3/CCCc4ccccc43)c([N+](=O)[O-])c2)cc1. The van der Waals surface area contributed by atoms with Gasteiger partial charge < -0.3 is 4.74 Å². The Bertz CT molecular complexity index is 1320. The Labute approximate surface area is 191 Å². The van der Waals surface area contributed by atoms with Crippen LogP contribution >= 0.6 is 0 Å². The highest BCUT2D eigenvalue weighted by molar-refractivity contribution is 7.92. The van der Waals surface area contributed by atoms with E-state index in [9.17, 15) is 18.5 Å². The lowest BCUT2D eigenvalue weighted by Gasteiger charge is -2.17. The average molecular weight is 467 g/mol. The van der Waals surface area contributed by atoms with E-state index in [4.69, 9.17) is 4.74 Å². The summed E-state index contributed by atoms with van der Waals surface area (Å²) in [5.41, 5.74) is 5.80. The zero-order valence-electron chi connectivity index (χ0n) is 17.8. The molecule has 9 nitrogen and oxygen atoms in total.